The number of hydrogen-bond acceptors (Lipinski definition) is 5. The third-order valence-electron chi connectivity index (χ3n) is 4.71. The average molecular weight is 386 g/mol. The van der Waals surface area contributed by atoms with Gasteiger partial charge in [0.25, 0.3) is 0 Å². The minimum Gasteiger partial charge on any atom is -0.497 e. The summed E-state index contributed by atoms with van der Waals surface area (Å²) in [6, 6.07) is 19.8. The van der Waals surface area contributed by atoms with Crippen LogP contribution in [0.3, 0.4) is 0 Å². The van der Waals surface area contributed by atoms with Crippen LogP contribution in [0.2, 0.25) is 0 Å². The molecular formula is C23H18N2O2S. The minimum absolute atomic E-state index is 0.626. The Morgan fingerprint density at radius 3 is 2.57 bits per heavy atom. The van der Waals surface area contributed by atoms with Crippen molar-refractivity contribution in [3.8, 4) is 23.1 Å². The Labute approximate surface area is 167 Å². The normalized spacial score (nSPS) is 11.6. The van der Waals surface area contributed by atoms with E-state index >= 15 is 0 Å². The third kappa shape index (κ3) is 3.19. The topological polar surface area (TPSA) is 58.5 Å². The minimum atomic E-state index is 0.626. The highest BCUT2D eigenvalue weighted by Crippen LogP contribution is 2.34. The summed E-state index contributed by atoms with van der Waals surface area (Å²) < 4.78 is 11.5. The highest BCUT2D eigenvalue weighted by molar-refractivity contribution is 7.16. The molecule has 4 aromatic rings. The molecule has 2 heterocycles. The molecule has 0 saturated heterocycles. The molecule has 2 aromatic carbocycles. The number of methoxy groups -OCH3 is 1. The number of aryl methyl sites for hydroxylation is 1. The van der Waals surface area contributed by atoms with Crippen molar-refractivity contribution in [3.63, 3.8) is 0 Å². The summed E-state index contributed by atoms with van der Waals surface area (Å²) in [6.45, 7) is 3.97. The summed E-state index contributed by atoms with van der Waals surface area (Å²) in [7, 11) is 1.63. The first-order valence-electron chi connectivity index (χ1n) is 8.83. The molecule has 0 unspecified atom stereocenters. The number of thiophene rings is 1. The first-order valence-corrected chi connectivity index (χ1v) is 9.64. The Kier molecular flexibility index (Phi) is 4.72. The molecule has 0 radical (unpaired) electrons. The predicted octanol–water partition coefficient (Wildman–Crippen LogP) is 5.89. The van der Waals surface area contributed by atoms with Gasteiger partial charge in [0.2, 0.25) is 0 Å². The highest BCUT2D eigenvalue weighted by atomic mass is 32.1. The molecule has 0 bridgehead atoms. The number of hydrogen-bond donors (Lipinski definition) is 0. The van der Waals surface area contributed by atoms with Crippen molar-refractivity contribution in [2.45, 2.75) is 13.8 Å². The monoisotopic (exact) mass is 386 g/mol. The van der Waals surface area contributed by atoms with Gasteiger partial charge in [0, 0.05) is 21.9 Å². The van der Waals surface area contributed by atoms with Gasteiger partial charge in [0.1, 0.15) is 28.2 Å². The van der Waals surface area contributed by atoms with Crippen molar-refractivity contribution in [1.29, 1.82) is 5.26 Å². The summed E-state index contributed by atoms with van der Waals surface area (Å²) in [5.41, 5.74) is 3.29. The lowest BCUT2D eigenvalue weighted by molar-refractivity contribution is 0.415. The molecule has 0 spiro atoms. The van der Waals surface area contributed by atoms with E-state index in [-0.39, 0.29) is 0 Å². The van der Waals surface area contributed by atoms with Gasteiger partial charge in [-0.3, -0.25) is 0 Å². The smallest absolute Gasteiger partial charge is 0.137 e. The number of nitrogens with zero attached hydrogens (tertiary/aromatic N) is 2. The van der Waals surface area contributed by atoms with E-state index in [0.717, 1.165) is 38.3 Å². The fourth-order valence-electron chi connectivity index (χ4n) is 3.04. The first kappa shape index (κ1) is 18.0. The highest BCUT2D eigenvalue weighted by Gasteiger charge is 2.13. The predicted molar refractivity (Wildman–Crippen MR) is 112 cm³/mol. The zero-order valence-electron chi connectivity index (χ0n) is 15.8. The molecule has 5 heteroatoms. The molecule has 0 aliphatic carbocycles. The quantitative estimate of drug-likeness (QED) is 0.441. The van der Waals surface area contributed by atoms with Crippen molar-refractivity contribution in [2.24, 2.45) is 4.99 Å². The maximum Gasteiger partial charge on any atom is 0.137 e. The van der Waals surface area contributed by atoms with Crippen LogP contribution in [0.1, 0.15) is 16.0 Å². The average Bonchev–Trinajstić information content (AvgIpc) is 3.00. The van der Waals surface area contributed by atoms with Gasteiger partial charge in [-0.2, -0.15) is 5.26 Å². The summed E-state index contributed by atoms with van der Waals surface area (Å²) >= 11 is 1.53. The van der Waals surface area contributed by atoms with Crippen molar-refractivity contribution < 1.29 is 9.15 Å². The molecule has 0 atom stereocenters. The Balaban J connectivity index is 2.05. The van der Waals surface area contributed by atoms with E-state index < -0.39 is 0 Å². The molecular weight excluding hydrogens is 368 g/mol. The van der Waals surface area contributed by atoms with E-state index in [1.54, 1.807) is 7.11 Å². The summed E-state index contributed by atoms with van der Waals surface area (Å²) in [4.78, 5) is 5.96. The van der Waals surface area contributed by atoms with Gasteiger partial charge in [-0.25, -0.2) is 4.99 Å². The van der Waals surface area contributed by atoms with E-state index in [2.05, 4.69) is 6.07 Å². The van der Waals surface area contributed by atoms with Crippen molar-refractivity contribution >= 4 is 27.3 Å². The summed E-state index contributed by atoms with van der Waals surface area (Å²) in [5.74, 6) is 1.45. The van der Waals surface area contributed by atoms with Crippen LogP contribution in [0, 0.1) is 25.2 Å². The Morgan fingerprint density at radius 1 is 1.07 bits per heavy atom. The second-order valence-electron chi connectivity index (χ2n) is 6.41. The molecule has 4 nitrogen and oxygen atoms in total. The van der Waals surface area contributed by atoms with E-state index in [9.17, 15) is 5.26 Å². The van der Waals surface area contributed by atoms with E-state index in [0.29, 0.717) is 16.1 Å². The van der Waals surface area contributed by atoms with E-state index in [4.69, 9.17) is 14.1 Å². The molecule has 0 aliphatic rings. The molecule has 0 aliphatic heterocycles. The second kappa shape index (κ2) is 7.34. The molecule has 0 N–H and O–H groups in total. The molecule has 0 fully saturated rings. The van der Waals surface area contributed by atoms with Crippen LogP contribution in [0.15, 0.2) is 64.0 Å². The fraction of sp³-hybridized carbons (Fsp3) is 0.130. The van der Waals surface area contributed by atoms with Crippen LogP contribution in [0.4, 0.5) is 5.00 Å². The number of rotatable bonds is 3. The zero-order valence-corrected chi connectivity index (χ0v) is 16.6. The lowest BCUT2D eigenvalue weighted by atomic mass is 10.1. The Bertz CT molecular complexity index is 1280. The first-order chi connectivity index (χ1) is 13.6. The number of nitriles is 1. The Hall–Kier alpha value is -3.36. The van der Waals surface area contributed by atoms with Crippen LogP contribution >= 0.6 is 11.3 Å². The van der Waals surface area contributed by atoms with Gasteiger partial charge in [-0.05, 0) is 37.6 Å². The van der Waals surface area contributed by atoms with Gasteiger partial charge in [-0.15, -0.1) is 11.3 Å². The molecule has 138 valence electrons. The zero-order chi connectivity index (χ0) is 19.7. The van der Waals surface area contributed by atoms with Crippen LogP contribution in [-0.4, -0.2) is 7.11 Å². The summed E-state index contributed by atoms with van der Waals surface area (Å²) in [5, 5.41) is 11.9. The third-order valence-corrected chi connectivity index (χ3v) is 5.81. The van der Waals surface area contributed by atoms with Crippen molar-refractivity contribution in [3.05, 3.63) is 76.0 Å². The van der Waals surface area contributed by atoms with Gasteiger partial charge in [0.15, 0.2) is 0 Å². The molecule has 4 rings (SSSR count). The largest absolute Gasteiger partial charge is 0.497 e. The lowest BCUT2D eigenvalue weighted by Gasteiger charge is -2.06. The van der Waals surface area contributed by atoms with Crippen LogP contribution in [0.25, 0.3) is 22.3 Å². The van der Waals surface area contributed by atoms with E-state index in [1.165, 1.54) is 11.3 Å². The molecule has 28 heavy (non-hydrogen) atoms. The fourth-order valence-corrected chi connectivity index (χ4v) is 4.03. The Morgan fingerprint density at radius 2 is 1.86 bits per heavy atom. The maximum absolute atomic E-state index is 9.58. The van der Waals surface area contributed by atoms with Gasteiger partial charge in [0.05, 0.1) is 18.0 Å². The van der Waals surface area contributed by atoms with E-state index in [1.807, 2.05) is 68.4 Å². The second-order valence-corrected chi connectivity index (χ2v) is 7.61. The van der Waals surface area contributed by atoms with Crippen LogP contribution in [0.5, 0.6) is 5.75 Å². The number of ether oxygens (including phenoxy) is 1. The van der Waals surface area contributed by atoms with Crippen molar-refractivity contribution in [1.82, 2.24) is 0 Å². The van der Waals surface area contributed by atoms with Crippen LogP contribution in [-0.2, 0) is 0 Å². The number of benzene rings is 2. The number of fused-ring (bicyclic) bond motifs is 1. The lowest BCUT2D eigenvalue weighted by Crippen LogP contribution is -2.03. The molecule has 2 aromatic heterocycles. The maximum atomic E-state index is 9.58. The molecule has 0 amide bonds. The van der Waals surface area contributed by atoms with Gasteiger partial charge >= 0.3 is 0 Å². The summed E-state index contributed by atoms with van der Waals surface area (Å²) in [6.07, 6.45) is 0. The van der Waals surface area contributed by atoms with Crippen LogP contribution < -0.4 is 10.1 Å². The van der Waals surface area contributed by atoms with Gasteiger partial charge < -0.3 is 9.15 Å². The van der Waals surface area contributed by atoms with Crippen molar-refractivity contribution in [2.75, 3.05) is 7.11 Å². The standard InChI is InChI=1S/C23H18N2O2S/c1-14-15(2)28-23(19(14)13-24)25-20-12-22(16-7-5-4-6-8-16)27-21-10-9-17(26-3)11-18(20)21/h4-12H,1-3H3. The SMILES string of the molecule is COc1ccc2oc(-c3ccccc3)cc(=Nc3sc(C)c(C)c3C#N)c2c1. The molecule has 0 saturated carbocycles. The van der Waals surface area contributed by atoms with Gasteiger partial charge in [-0.1, -0.05) is 30.3 Å².